The van der Waals surface area contributed by atoms with Gasteiger partial charge in [-0.1, -0.05) is 41.4 Å². The standard InChI is InChI=1S/C17H13Cl2NO2S/c18-10-5-6-12(14(19)7-10)17(22)20-8-15(21)13-9-23-16-4-2-1-3-11(13)16/h1-7,9,15,21H,8H2,(H,20,22). The molecule has 1 heterocycles. The summed E-state index contributed by atoms with van der Waals surface area (Å²) in [5.41, 5.74) is 1.14. The summed E-state index contributed by atoms with van der Waals surface area (Å²) in [5, 5.41) is 16.7. The molecule has 0 aliphatic carbocycles. The van der Waals surface area contributed by atoms with Crippen molar-refractivity contribution in [3.05, 3.63) is 69.0 Å². The molecule has 1 atom stereocenters. The average molecular weight is 366 g/mol. The number of nitrogens with one attached hydrogen (secondary N) is 1. The van der Waals surface area contributed by atoms with Crippen molar-refractivity contribution >= 4 is 50.5 Å². The molecule has 0 radical (unpaired) electrons. The Morgan fingerprint density at radius 1 is 1.22 bits per heavy atom. The molecule has 0 saturated heterocycles. The number of rotatable bonds is 4. The van der Waals surface area contributed by atoms with Gasteiger partial charge in [-0.3, -0.25) is 4.79 Å². The smallest absolute Gasteiger partial charge is 0.252 e. The van der Waals surface area contributed by atoms with Crippen molar-refractivity contribution in [1.29, 1.82) is 0 Å². The van der Waals surface area contributed by atoms with Crippen molar-refractivity contribution < 1.29 is 9.90 Å². The maximum atomic E-state index is 12.2. The molecule has 0 aliphatic heterocycles. The van der Waals surface area contributed by atoms with Crippen molar-refractivity contribution in [2.75, 3.05) is 6.54 Å². The van der Waals surface area contributed by atoms with Crippen LogP contribution in [0.15, 0.2) is 47.8 Å². The molecule has 3 aromatic rings. The number of thiophene rings is 1. The third-order valence-corrected chi connectivity index (χ3v) is 5.03. The molecular weight excluding hydrogens is 353 g/mol. The maximum absolute atomic E-state index is 12.2. The number of benzene rings is 2. The largest absolute Gasteiger partial charge is 0.387 e. The number of aliphatic hydroxyl groups is 1. The summed E-state index contributed by atoms with van der Waals surface area (Å²) in [4.78, 5) is 12.2. The number of hydrogen-bond acceptors (Lipinski definition) is 3. The van der Waals surface area contributed by atoms with Crippen LogP contribution in [0.1, 0.15) is 22.0 Å². The van der Waals surface area contributed by atoms with Gasteiger partial charge in [0.25, 0.3) is 5.91 Å². The van der Waals surface area contributed by atoms with Crippen molar-refractivity contribution in [2.24, 2.45) is 0 Å². The fourth-order valence-electron chi connectivity index (χ4n) is 2.32. The minimum Gasteiger partial charge on any atom is -0.387 e. The van der Waals surface area contributed by atoms with E-state index in [-0.39, 0.29) is 17.5 Å². The zero-order valence-corrected chi connectivity index (χ0v) is 14.3. The Kier molecular flexibility index (Phi) is 4.87. The minimum absolute atomic E-state index is 0.110. The lowest BCUT2D eigenvalue weighted by atomic mass is 10.1. The summed E-state index contributed by atoms with van der Waals surface area (Å²) in [5.74, 6) is -0.342. The Morgan fingerprint density at radius 2 is 2.00 bits per heavy atom. The average Bonchev–Trinajstić information content (AvgIpc) is 2.96. The number of fused-ring (bicyclic) bond motifs is 1. The molecule has 0 fully saturated rings. The van der Waals surface area contributed by atoms with E-state index in [0.29, 0.717) is 10.6 Å². The Labute approximate surface area is 147 Å². The third-order valence-electron chi connectivity index (χ3n) is 3.50. The van der Waals surface area contributed by atoms with E-state index in [9.17, 15) is 9.90 Å². The first kappa shape index (κ1) is 16.3. The lowest BCUT2D eigenvalue weighted by Crippen LogP contribution is -2.28. The van der Waals surface area contributed by atoms with Crippen LogP contribution in [0.25, 0.3) is 10.1 Å². The van der Waals surface area contributed by atoms with E-state index in [2.05, 4.69) is 5.32 Å². The molecule has 0 aliphatic rings. The summed E-state index contributed by atoms with van der Waals surface area (Å²) in [6.45, 7) is 0.110. The molecule has 1 amide bonds. The lowest BCUT2D eigenvalue weighted by molar-refractivity contribution is 0.0917. The molecule has 2 aromatic carbocycles. The zero-order valence-electron chi connectivity index (χ0n) is 11.9. The van der Waals surface area contributed by atoms with Gasteiger partial charge in [-0.15, -0.1) is 11.3 Å². The van der Waals surface area contributed by atoms with Gasteiger partial charge in [0.1, 0.15) is 0 Å². The number of carbonyl (C=O) groups excluding carboxylic acids is 1. The van der Waals surface area contributed by atoms with Crippen LogP contribution in [0.4, 0.5) is 0 Å². The molecule has 3 rings (SSSR count). The number of aliphatic hydroxyl groups excluding tert-OH is 1. The fraction of sp³-hybridized carbons (Fsp3) is 0.118. The Balaban J connectivity index is 1.71. The molecule has 3 nitrogen and oxygen atoms in total. The first-order valence-electron chi connectivity index (χ1n) is 6.93. The van der Waals surface area contributed by atoms with Gasteiger partial charge < -0.3 is 10.4 Å². The topological polar surface area (TPSA) is 49.3 Å². The quantitative estimate of drug-likeness (QED) is 0.705. The van der Waals surface area contributed by atoms with Crippen LogP contribution in [0.3, 0.4) is 0 Å². The molecule has 0 saturated carbocycles. The highest BCUT2D eigenvalue weighted by molar-refractivity contribution is 7.17. The van der Waals surface area contributed by atoms with Crippen molar-refractivity contribution in [1.82, 2.24) is 5.32 Å². The van der Waals surface area contributed by atoms with E-state index < -0.39 is 6.10 Å². The molecule has 0 bridgehead atoms. The molecule has 1 aromatic heterocycles. The van der Waals surface area contributed by atoms with Gasteiger partial charge in [0.05, 0.1) is 16.7 Å². The molecule has 6 heteroatoms. The first-order valence-corrected chi connectivity index (χ1v) is 8.57. The van der Waals surface area contributed by atoms with Crippen LogP contribution in [-0.2, 0) is 0 Å². The second-order valence-corrected chi connectivity index (χ2v) is 6.79. The van der Waals surface area contributed by atoms with Crippen molar-refractivity contribution in [2.45, 2.75) is 6.10 Å². The molecular formula is C17H13Cl2NO2S. The highest BCUT2D eigenvalue weighted by Crippen LogP contribution is 2.30. The van der Waals surface area contributed by atoms with Gasteiger partial charge in [-0.25, -0.2) is 0 Å². The van der Waals surface area contributed by atoms with Gasteiger partial charge in [-0.05, 0) is 35.0 Å². The monoisotopic (exact) mass is 365 g/mol. The zero-order chi connectivity index (χ0) is 16.4. The minimum atomic E-state index is -0.777. The Morgan fingerprint density at radius 3 is 2.78 bits per heavy atom. The van der Waals surface area contributed by atoms with Gasteiger partial charge in [-0.2, -0.15) is 0 Å². The Bertz CT molecular complexity index is 863. The van der Waals surface area contributed by atoms with Gasteiger partial charge >= 0.3 is 0 Å². The summed E-state index contributed by atoms with van der Waals surface area (Å²) in [7, 11) is 0. The first-order chi connectivity index (χ1) is 11.1. The predicted molar refractivity (Wildman–Crippen MR) is 95.6 cm³/mol. The van der Waals surface area contributed by atoms with E-state index >= 15 is 0 Å². The summed E-state index contributed by atoms with van der Waals surface area (Å²) in [6, 6.07) is 12.5. The van der Waals surface area contributed by atoms with Crippen LogP contribution in [0, 0.1) is 0 Å². The fourth-order valence-corrected chi connectivity index (χ4v) is 3.83. The second kappa shape index (κ2) is 6.89. The van der Waals surface area contributed by atoms with E-state index in [1.807, 2.05) is 29.6 Å². The summed E-state index contributed by atoms with van der Waals surface area (Å²) >= 11 is 13.4. The van der Waals surface area contributed by atoms with E-state index in [4.69, 9.17) is 23.2 Å². The van der Waals surface area contributed by atoms with Crippen molar-refractivity contribution in [3.63, 3.8) is 0 Å². The maximum Gasteiger partial charge on any atom is 0.252 e. The number of amides is 1. The highest BCUT2D eigenvalue weighted by Gasteiger charge is 2.16. The third kappa shape index (κ3) is 3.51. The molecule has 23 heavy (non-hydrogen) atoms. The normalized spacial score (nSPS) is 12.3. The molecule has 0 spiro atoms. The van der Waals surface area contributed by atoms with Crippen LogP contribution >= 0.6 is 34.5 Å². The highest BCUT2D eigenvalue weighted by atomic mass is 35.5. The second-order valence-electron chi connectivity index (χ2n) is 5.04. The van der Waals surface area contributed by atoms with E-state index in [0.717, 1.165) is 15.6 Å². The molecule has 118 valence electrons. The van der Waals surface area contributed by atoms with Crippen LogP contribution < -0.4 is 5.32 Å². The Hall–Kier alpha value is -1.59. The van der Waals surface area contributed by atoms with Crippen LogP contribution in [-0.4, -0.2) is 17.6 Å². The lowest BCUT2D eigenvalue weighted by Gasteiger charge is -2.12. The number of hydrogen-bond donors (Lipinski definition) is 2. The van der Waals surface area contributed by atoms with Gasteiger partial charge in [0.2, 0.25) is 0 Å². The summed E-state index contributed by atoms with van der Waals surface area (Å²) < 4.78 is 1.11. The van der Waals surface area contributed by atoms with Crippen LogP contribution in [0.5, 0.6) is 0 Å². The van der Waals surface area contributed by atoms with Gasteiger partial charge in [0.15, 0.2) is 0 Å². The molecule has 2 N–H and O–H groups in total. The summed E-state index contributed by atoms with van der Waals surface area (Å²) in [6.07, 6.45) is -0.777. The number of halogens is 2. The molecule has 1 unspecified atom stereocenters. The predicted octanol–water partition coefficient (Wildman–Crippen LogP) is 4.67. The van der Waals surface area contributed by atoms with E-state index in [1.54, 1.807) is 23.5 Å². The van der Waals surface area contributed by atoms with Gasteiger partial charge in [0, 0.05) is 21.8 Å². The van der Waals surface area contributed by atoms with Crippen molar-refractivity contribution in [3.8, 4) is 0 Å². The SMILES string of the molecule is O=C(NCC(O)c1csc2ccccc12)c1ccc(Cl)cc1Cl. The van der Waals surface area contributed by atoms with Crippen LogP contribution in [0.2, 0.25) is 10.0 Å². The number of carbonyl (C=O) groups is 1. The van der Waals surface area contributed by atoms with E-state index in [1.165, 1.54) is 6.07 Å².